The molecule has 0 aliphatic carbocycles. The number of aromatic nitrogens is 2. The number of ether oxygens (including phenoxy) is 2. The van der Waals surface area contributed by atoms with Gasteiger partial charge in [-0.3, -0.25) is 4.79 Å². The Kier molecular flexibility index (Phi) is 4.29. The average Bonchev–Trinajstić information content (AvgIpc) is 2.56. The number of fused-ring (bicyclic) bond motifs is 1. The van der Waals surface area contributed by atoms with Crippen LogP contribution < -0.4 is 14.8 Å². The van der Waals surface area contributed by atoms with E-state index in [9.17, 15) is 4.79 Å². The van der Waals surface area contributed by atoms with Crippen LogP contribution in [-0.4, -0.2) is 23.0 Å². The van der Waals surface area contributed by atoms with E-state index in [4.69, 9.17) is 9.47 Å². The molecule has 6 nitrogen and oxygen atoms in total. The van der Waals surface area contributed by atoms with E-state index < -0.39 is 5.97 Å². The lowest BCUT2D eigenvalue weighted by Gasteiger charge is -2.12. The van der Waals surface area contributed by atoms with Crippen LogP contribution in [-0.2, 0) is 4.79 Å². The van der Waals surface area contributed by atoms with E-state index in [1.54, 1.807) is 12.1 Å². The molecule has 6 heteroatoms. The van der Waals surface area contributed by atoms with Gasteiger partial charge in [-0.25, -0.2) is 9.97 Å². The molecule has 122 valence electrons. The Morgan fingerprint density at radius 1 is 1.08 bits per heavy atom. The monoisotopic (exact) mass is 323 g/mol. The molecule has 0 saturated heterocycles. The summed E-state index contributed by atoms with van der Waals surface area (Å²) in [4.78, 5) is 19.9. The van der Waals surface area contributed by atoms with Gasteiger partial charge < -0.3 is 14.8 Å². The van der Waals surface area contributed by atoms with E-state index in [1.165, 1.54) is 25.9 Å². The molecule has 3 rings (SSSR count). The molecular formula is C18H17N3O3. The van der Waals surface area contributed by atoms with Crippen LogP contribution in [0.5, 0.6) is 11.5 Å². The van der Waals surface area contributed by atoms with E-state index in [2.05, 4.69) is 15.3 Å². The minimum Gasteiger partial charge on any atom is -0.493 e. The number of nitrogens with zero attached hydrogens (tertiary/aromatic N) is 2. The third kappa shape index (κ3) is 3.27. The van der Waals surface area contributed by atoms with Crippen molar-refractivity contribution in [3.05, 3.63) is 48.3 Å². The molecule has 1 aromatic heterocycles. The summed E-state index contributed by atoms with van der Waals surface area (Å²) in [5.74, 6) is 0.981. The van der Waals surface area contributed by atoms with Crippen LogP contribution in [0.1, 0.15) is 12.5 Å². The predicted octanol–water partition coefficient (Wildman–Crippen LogP) is 3.62. The van der Waals surface area contributed by atoms with Crippen LogP contribution in [0.2, 0.25) is 0 Å². The van der Waals surface area contributed by atoms with Gasteiger partial charge in [-0.1, -0.05) is 17.7 Å². The van der Waals surface area contributed by atoms with Gasteiger partial charge in [0.1, 0.15) is 12.1 Å². The van der Waals surface area contributed by atoms with Crippen molar-refractivity contribution < 1.29 is 14.3 Å². The summed E-state index contributed by atoms with van der Waals surface area (Å²) in [5, 5.41) is 3.99. The van der Waals surface area contributed by atoms with Crippen LogP contribution in [0.4, 0.5) is 11.5 Å². The molecule has 0 bridgehead atoms. The molecule has 0 atom stereocenters. The fraction of sp³-hybridized carbons (Fsp3) is 0.167. The molecule has 0 unspecified atom stereocenters. The number of carbonyl (C=O) groups excluding carboxylic acids is 1. The maximum absolute atomic E-state index is 11.3. The van der Waals surface area contributed by atoms with Gasteiger partial charge in [-0.2, -0.15) is 0 Å². The number of hydrogen-bond donors (Lipinski definition) is 1. The fourth-order valence-corrected chi connectivity index (χ4v) is 2.33. The van der Waals surface area contributed by atoms with Gasteiger partial charge in [0.2, 0.25) is 0 Å². The predicted molar refractivity (Wildman–Crippen MR) is 91.9 cm³/mol. The summed E-state index contributed by atoms with van der Waals surface area (Å²) in [5.41, 5.74) is 2.77. The second-order valence-electron chi connectivity index (χ2n) is 5.33. The molecule has 0 spiro atoms. The first-order valence-electron chi connectivity index (χ1n) is 7.41. The minimum absolute atomic E-state index is 0.333. The summed E-state index contributed by atoms with van der Waals surface area (Å²) in [6.07, 6.45) is 1.48. The van der Waals surface area contributed by atoms with E-state index in [-0.39, 0.29) is 0 Å². The minimum atomic E-state index is -0.419. The van der Waals surface area contributed by atoms with Crippen molar-refractivity contribution in [1.82, 2.24) is 9.97 Å². The third-order valence-corrected chi connectivity index (χ3v) is 3.49. The Hall–Kier alpha value is -3.15. The highest BCUT2D eigenvalue weighted by atomic mass is 16.6. The third-order valence-electron chi connectivity index (χ3n) is 3.49. The smallest absolute Gasteiger partial charge is 0.308 e. The van der Waals surface area contributed by atoms with Crippen LogP contribution in [0, 0.1) is 6.92 Å². The fourth-order valence-electron chi connectivity index (χ4n) is 2.33. The maximum atomic E-state index is 11.3. The van der Waals surface area contributed by atoms with Gasteiger partial charge in [0, 0.05) is 24.1 Å². The molecule has 0 amide bonds. The van der Waals surface area contributed by atoms with Crippen molar-refractivity contribution in [3.63, 3.8) is 0 Å². The van der Waals surface area contributed by atoms with Crippen molar-refractivity contribution in [3.8, 4) is 11.5 Å². The van der Waals surface area contributed by atoms with Gasteiger partial charge in [-0.15, -0.1) is 0 Å². The molecule has 3 aromatic rings. The zero-order chi connectivity index (χ0) is 17.1. The summed E-state index contributed by atoms with van der Waals surface area (Å²) in [6, 6.07) is 11.4. The van der Waals surface area contributed by atoms with Gasteiger partial charge in [0.05, 0.1) is 12.6 Å². The molecule has 0 saturated carbocycles. The molecule has 0 aliphatic rings. The number of methoxy groups -OCH3 is 1. The summed E-state index contributed by atoms with van der Waals surface area (Å²) < 4.78 is 10.5. The van der Waals surface area contributed by atoms with Crippen LogP contribution in [0.25, 0.3) is 10.9 Å². The average molecular weight is 323 g/mol. The second-order valence-corrected chi connectivity index (χ2v) is 5.33. The summed E-state index contributed by atoms with van der Waals surface area (Å²) >= 11 is 0. The second kappa shape index (κ2) is 6.54. The molecule has 1 heterocycles. The Labute approximate surface area is 139 Å². The maximum Gasteiger partial charge on any atom is 0.308 e. The van der Waals surface area contributed by atoms with Crippen molar-refractivity contribution in [2.75, 3.05) is 12.4 Å². The van der Waals surface area contributed by atoms with E-state index in [0.29, 0.717) is 22.8 Å². The first-order chi connectivity index (χ1) is 11.6. The molecule has 24 heavy (non-hydrogen) atoms. The first-order valence-corrected chi connectivity index (χ1v) is 7.41. The van der Waals surface area contributed by atoms with Gasteiger partial charge in [0.15, 0.2) is 11.5 Å². The quantitative estimate of drug-likeness (QED) is 0.584. The van der Waals surface area contributed by atoms with E-state index in [1.807, 2.05) is 31.2 Å². The number of rotatable bonds is 4. The number of aryl methyl sites for hydroxylation is 1. The van der Waals surface area contributed by atoms with Crippen LogP contribution >= 0.6 is 0 Å². The lowest BCUT2D eigenvalue weighted by molar-refractivity contribution is -0.132. The number of hydrogen-bond acceptors (Lipinski definition) is 6. The zero-order valence-corrected chi connectivity index (χ0v) is 13.7. The van der Waals surface area contributed by atoms with Crippen molar-refractivity contribution in [2.45, 2.75) is 13.8 Å². The zero-order valence-electron chi connectivity index (χ0n) is 13.7. The number of benzene rings is 2. The van der Waals surface area contributed by atoms with Crippen molar-refractivity contribution >= 4 is 28.4 Å². The molecule has 0 aliphatic heterocycles. The van der Waals surface area contributed by atoms with Crippen LogP contribution in [0.3, 0.4) is 0 Å². The first kappa shape index (κ1) is 15.7. The lowest BCUT2D eigenvalue weighted by atomic mass is 10.2. The van der Waals surface area contributed by atoms with Gasteiger partial charge in [-0.05, 0) is 25.1 Å². The topological polar surface area (TPSA) is 73.3 Å². The Morgan fingerprint density at radius 2 is 1.83 bits per heavy atom. The normalized spacial score (nSPS) is 10.5. The number of nitrogens with one attached hydrogen (secondary N) is 1. The Bertz CT molecular complexity index is 892. The Morgan fingerprint density at radius 3 is 2.50 bits per heavy atom. The number of anilines is 2. The van der Waals surface area contributed by atoms with Gasteiger partial charge >= 0.3 is 5.97 Å². The van der Waals surface area contributed by atoms with Gasteiger partial charge in [0.25, 0.3) is 0 Å². The van der Waals surface area contributed by atoms with Crippen molar-refractivity contribution in [1.29, 1.82) is 0 Å². The SMILES string of the molecule is COc1cc2ncnc(Nc3ccc(C)cc3)c2cc1OC(C)=O. The molecule has 1 N–H and O–H groups in total. The Balaban J connectivity index is 2.07. The largest absolute Gasteiger partial charge is 0.493 e. The number of carbonyl (C=O) groups is 1. The molecule has 0 fully saturated rings. The lowest BCUT2D eigenvalue weighted by Crippen LogP contribution is -2.04. The highest BCUT2D eigenvalue weighted by Gasteiger charge is 2.13. The standard InChI is InChI=1S/C18H17N3O3/c1-11-4-6-13(7-5-11)21-18-14-8-17(24-12(2)22)16(23-3)9-15(14)19-10-20-18/h4-10H,1-3H3,(H,19,20,21). The summed E-state index contributed by atoms with van der Waals surface area (Å²) in [6.45, 7) is 3.37. The summed E-state index contributed by atoms with van der Waals surface area (Å²) in [7, 11) is 1.51. The van der Waals surface area contributed by atoms with Crippen molar-refractivity contribution in [2.24, 2.45) is 0 Å². The highest BCUT2D eigenvalue weighted by molar-refractivity contribution is 5.93. The highest BCUT2D eigenvalue weighted by Crippen LogP contribution is 2.34. The number of esters is 1. The van der Waals surface area contributed by atoms with E-state index in [0.717, 1.165) is 11.1 Å². The molecular weight excluding hydrogens is 306 g/mol. The molecule has 0 radical (unpaired) electrons. The molecule has 2 aromatic carbocycles. The van der Waals surface area contributed by atoms with Crippen LogP contribution in [0.15, 0.2) is 42.7 Å². The van der Waals surface area contributed by atoms with E-state index >= 15 is 0 Å².